The van der Waals surface area contributed by atoms with Gasteiger partial charge < -0.3 is 5.32 Å². The van der Waals surface area contributed by atoms with E-state index in [0.717, 1.165) is 15.8 Å². The zero-order valence-electron chi connectivity index (χ0n) is 11.5. The highest BCUT2D eigenvalue weighted by atomic mass is 32.1. The number of rotatable bonds is 3. The molecule has 1 N–H and O–H groups in total. The Kier molecular flexibility index (Phi) is 4.24. The molecule has 1 atom stereocenters. The summed E-state index contributed by atoms with van der Waals surface area (Å²) < 4.78 is 38.7. The minimum absolute atomic E-state index is 0.0993. The summed E-state index contributed by atoms with van der Waals surface area (Å²) in [4.78, 5) is 2.19. The van der Waals surface area contributed by atoms with E-state index in [4.69, 9.17) is 5.26 Å². The normalized spacial score (nSPS) is 12.8. The summed E-state index contributed by atoms with van der Waals surface area (Å²) in [6.45, 7) is 3.86. The van der Waals surface area contributed by atoms with Gasteiger partial charge in [-0.25, -0.2) is 0 Å². The average Bonchev–Trinajstić information content (AvgIpc) is 2.84. The van der Waals surface area contributed by atoms with Crippen LogP contribution in [-0.4, -0.2) is 0 Å². The van der Waals surface area contributed by atoms with Crippen LogP contribution < -0.4 is 5.32 Å². The molecule has 2 nitrogen and oxygen atoms in total. The first-order chi connectivity index (χ1) is 9.81. The molecule has 0 aliphatic rings. The smallest absolute Gasteiger partial charge is 0.378 e. The van der Waals surface area contributed by atoms with Crippen molar-refractivity contribution in [2.24, 2.45) is 0 Å². The van der Waals surface area contributed by atoms with Crippen molar-refractivity contribution in [3.63, 3.8) is 0 Å². The lowest BCUT2D eigenvalue weighted by Gasteiger charge is -2.16. The molecule has 2 rings (SSSR count). The van der Waals surface area contributed by atoms with Gasteiger partial charge in [0, 0.05) is 15.4 Å². The first-order valence-electron chi connectivity index (χ1n) is 6.25. The Balaban J connectivity index is 2.27. The highest BCUT2D eigenvalue weighted by molar-refractivity contribution is 7.12. The number of thiophene rings is 1. The van der Waals surface area contributed by atoms with Crippen LogP contribution in [0.1, 0.15) is 33.8 Å². The van der Waals surface area contributed by atoms with Crippen molar-refractivity contribution in [2.45, 2.75) is 26.1 Å². The van der Waals surface area contributed by atoms with E-state index < -0.39 is 11.7 Å². The molecular formula is C15H13F3N2S. The predicted octanol–water partition coefficient (Wildman–Crippen LogP) is 5.12. The number of nitriles is 1. The van der Waals surface area contributed by atoms with Crippen molar-refractivity contribution in [2.75, 3.05) is 5.32 Å². The molecule has 1 heterocycles. The van der Waals surface area contributed by atoms with E-state index in [9.17, 15) is 13.2 Å². The van der Waals surface area contributed by atoms with Crippen LogP contribution >= 0.6 is 11.3 Å². The van der Waals surface area contributed by atoms with Gasteiger partial charge in [-0.15, -0.1) is 11.3 Å². The maximum Gasteiger partial charge on any atom is 0.417 e. The highest BCUT2D eigenvalue weighted by Gasteiger charge is 2.33. The Morgan fingerprint density at radius 1 is 1.24 bits per heavy atom. The molecular weight excluding hydrogens is 297 g/mol. The molecule has 0 saturated carbocycles. The zero-order chi connectivity index (χ0) is 15.6. The Hall–Kier alpha value is -2.00. The molecule has 0 bridgehead atoms. The fourth-order valence-electron chi connectivity index (χ4n) is 1.97. The van der Waals surface area contributed by atoms with Crippen LogP contribution in [0.3, 0.4) is 0 Å². The second kappa shape index (κ2) is 5.78. The van der Waals surface area contributed by atoms with Gasteiger partial charge in [0.1, 0.15) is 0 Å². The van der Waals surface area contributed by atoms with Crippen LogP contribution in [0.15, 0.2) is 30.3 Å². The standard InChI is InChI=1S/C15H13F3N2S/c1-9-3-6-14(21-9)10(2)20-12-5-4-11(8-19)13(7-12)15(16,17)18/h3-7,10,20H,1-2H3. The number of hydrogen-bond acceptors (Lipinski definition) is 3. The minimum Gasteiger partial charge on any atom is -0.378 e. The second-order valence-electron chi connectivity index (χ2n) is 4.68. The van der Waals surface area contributed by atoms with E-state index in [1.165, 1.54) is 12.1 Å². The van der Waals surface area contributed by atoms with Crippen LogP contribution in [0.25, 0.3) is 0 Å². The van der Waals surface area contributed by atoms with Crippen molar-refractivity contribution < 1.29 is 13.2 Å². The lowest BCUT2D eigenvalue weighted by molar-refractivity contribution is -0.137. The van der Waals surface area contributed by atoms with Crippen LogP contribution in [0.2, 0.25) is 0 Å². The van der Waals surface area contributed by atoms with Crippen LogP contribution in [0.4, 0.5) is 18.9 Å². The van der Waals surface area contributed by atoms with Gasteiger partial charge in [-0.3, -0.25) is 0 Å². The van der Waals surface area contributed by atoms with E-state index in [2.05, 4.69) is 5.32 Å². The molecule has 1 aromatic carbocycles. The molecule has 0 amide bonds. The van der Waals surface area contributed by atoms with Crippen molar-refractivity contribution in [3.8, 4) is 6.07 Å². The van der Waals surface area contributed by atoms with Gasteiger partial charge in [-0.05, 0) is 44.2 Å². The maximum absolute atomic E-state index is 12.9. The number of aryl methyl sites for hydroxylation is 1. The minimum atomic E-state index is -4.54. The van der Waals surface area contributed by atoms with Crippen LogP contribution in [0, 0.1) is 18.3 Å². The van der Waals surface area contributed by atoms with Gasteiger partial charge in [0.25, 0.3) is 0 Å². The SMILES string of the molecule is Cc1ccc(C(C)Nc2ccc(C#N)c(C(F)(F)F)c2)s1. The van der Waals surface area contributed by atoms with Crippen LogP contribution in [-0.2, 0) is 6.18 Å². The van der Waals surface area contributed by atoms with Gasteiger partial charge in [0.2, 0.25) is 0 Å². The summed E-state index contributed by atoms with van der Waals surface area (Å²) >= 11 is 1.60. The summed E-state index contributed by atoms with van der Waals surface area (Å²) in [5.41, 5.74) is -0.933. The number of nitrogens with one attached hydrogen (secondary N) is 1. The van der Waals surface area contributed by atoms with Crippen LogP contribution in [0.5, 0.6) is 0 Å². The summed E-state index contributed by atoms with van der Waals surface area (Å²) in [5.74, 6) is 0. The molecule has 1 unspecified atom stereocenters. The number of alkyl halides is 3. The van der Waals surface area contributed by atoms with Gasteiger partial charge in [0.15, 0.2) is 0 Å². The maximum atomic E-state index is 12.9. The molecule has 2 aromatic rings. The summed E-state index contributed by atoms with van der Waals surface area (Å²) in [7, 11) is 0. The van der Waals surface area contributed by atoms with E-state index in [1.807, 2.05) is 26.0 Å². The largest absolute Gasteiger partial charge is 0.417 e. The molecule has 1 aromatic heterocycles. The third-order valence-electron chi connectivity index (χ3n) is 3.02. The molecule has 0 aliphatic carbocycles. The average molecular weight is 310 g/mol. The fourth-order valence-corrected chi connectivity index (χ4v) is 2.85. The lowest BCUT2D eigenvalue weighted by Crippen LogP contribution is -2.10. The number of anilines is 1. The van der Waals surface area contributed by atoms with E-state index in [0.29, 0.717) is 5.69 Å². The summed E-state index contributed by atoms with van der Waals surface area (Å²) in [6.07, 6.45) is -4.54. The van der Waals surface area contributed by atoms with Gasteiger partial charge in [0.05, 0.1) is 23.2 Å². The topological polar surface area (TPSA) is 35.8 Å². The zero-order valence-corrected chi connectivity index (χ0v) is 12.3. The van der Waals surface area contributed by atoms with Gasteiger partial charge >= 0.3 is 6.18 Å². The quantitative estimate of drug-likeness (QED) is 0.854. The summed E-state index contributed by atoms with van der Waals surface area (Å²) in [5, 5.41) is 11.8. The number of benzene rings is 1. The second-order valence-corrected chi connectivity index (χ2v) is 6.00. The van der Waals surface area contributed by atoms with E-state index in [1.54, 1.807) is 17.4 Å². The van der Waals surface area contributed by atoms with Crippen molar-refractivity contribution >= 4 is 17.0 Å². The Morgan fingerprint density at radius 2 is 1.95 bits per heavy atom. The molecule has 21 heavy (non-hydrogen) atoms. The van der Waals surface area contributed by atoms with Crippen molar-refractivity contribution in [1.82, 2.24) is 0 Å². The molecule has 0 aliphatic heterocycles. The van der Waals surface area contributed by atoms with Gasteiger partial charge in [-0.2, -0.15) is 18.4 Å². The first-order valence-corrected chi connectivity index (χ1v) is 7.07. The fraction of sp³-hybridized carbons (Fsp3) is 0.267. The first kappa shape index (κ1) is 15.4. The third-order valence-corrected chi connectivity index (χ3v) is 4.20. The Labute approximate surface area is 124 Å². The predicted molar refractivity (Wildman–Crippen MR) is 77.3 cm³/mol. The summed E-state index contributed by atoms with van der Waals surface area (Å²) in [6, 6.07) is 9.06. The number of hydrogen-bond donors (Lipinski definition) is 1. The molecule has 110 valence electrons. The molecule has 6 heteroatoms. The Morgan fingerprint density at radius 3 is 2.48 bits per heavy atom. The molecule has 0 fully saturated rings. The Bertz CT molecular complexity index is 683. The highest BCUT2D eigenvalue weighted by Crippen LogP contribution is 2.34. The van der Waals surface area contributed by atoms with Crippen molar-refractivity contribution in [1.29, 1.82) is 5.26 Å². The monoisotopic (exact) mass is 310 g/mol. The van der Waals surface area contributed by atoms with Gasteiger partial charge in [-0.1, -0.05) is 0 Å². The van der Waals surface area contributed by atoms with E-state index in [-0.39, 0.29) is 11.6 Å². The third kappa shape index (κ3) is 3.56. The van der Waals surface area contributed by atoms with Crippen molar-refractivity contribution in [3.05, 3.63) is 51.2 Å². The number of nitrogens with zero attached hydrogens (tertiary/aromatic N) is 1. The molecule has 0 saturated heterocycles. The molecule has 0 spiro atoms. The lowest BCUT2D eigenvalue weighted by atomic mass is 10.1. The molecule has 0 radical (unpaired) electrons. The van der Waals surface area contributed by atoms with E-state index >= 15 is 0 Å². The number of halogens is 3.